The van der Waals surface area contributed by atoms with E-state index in [9.17, 15) is 0 Å². The van der Waals surface area contributed by atoms with Crippen LogP contribution in [0.25, 0.3) is 11.0 Å². The number of benzene rings is 1. The van der Waals surface area contributed by atoms with E-state index in [1.807, 2.05) is 6.07 Å². The second-order valence-corrected chi connectivity index (χ2v) is 5.42. The number of hydrogen-bond acceptors (Lipinski definition) is 2. The van der Waals surface area contributed by atoms with E-state index in [1.165, 1.54) is 18.4 Å². The molecule has 2 aromatic rings. The maximum absolute atomic E-state index is 4.70. The van der Waals surface area contributed by atoms with Crippen LogP contribution in [-0.4, -0.2) is 23.1 Å². The van der Waals surface area contributed by atoms with Gasteiger partial charge in [-0.25, -0.2) is 4.98 Å². The molecule has 3 nitrogen and oxygen atoms in total. The molecule has 0 saturated heterocycles. The average Bonchev–Trinajstić information content (AvgIpc) is 2.67. The molecule has 0 aliphatic rings. The lowest BCUT2D eigenvalue weighted by Crippen LogP contribution is -2.22. The van der Waals surface area contributed by atoms with Gasteiger partial charge in [-0.15, -0.1) is 0 Å². The predicted octanol–water partition coefficient (Wildman–Crippen LogP) is 3.45. The van der Waals surface area contributed by atoms with Gasteiger partial charge in [0.05, 0.1) is 11.0 Å². The molecule has 0 N–H and O–H groups in total. The molecule has 0 aliphatic heterocycles. The summed E-state index contributed by atoms with van der Waals surface area (Å²) in [7, 11) is 4.21. The molecule has 0 bridgehead atoms. The van der Waals surface area contributed by atoms with Gasteiger partial charge >= 0.3 is 0 Å². The van der Waals surface area contributed by atoms with Crippen molar-refractivity contribution in [3.05, 3.63) is 24.3 Å². The molecule has 98 valence electrons. The largest absolute Gasteiger partial charge is 0.345 e. The third kappa shape index (κ3) is 2.66. The topological polar surface area (TPSA) is 21.1 Å². The highest BCUT2D eigenvalue weighted by Gasteiger charge is 2.10. The second kappa shape index (κ2) is 5.42. The van der Waals surface area contributed by atoms with Crippen LogP contribution in [0, 0.1) is 5.92 Å². The minimum absolute atomic E-state index is 0.777. The third-order valence-electron chi connectivity index (χ3n) is 3.38. The lowest BCUT2D eigenvalue weighted by atomic mass is 10.1. The Balaban J connectivity index is 2.12. The first-order valence-corrected chi connectivity index (χ1v) is 6.72. The highest BCUT2D eigenvalue weighted by Crippen LogP contribution is 2.20. The molecule has 0 aliphatic carbocycles. The van der Waals surface area contributed by atoms with Crippen LogP contribution in [0.2, 0.25) is 0 Å². The van der Waals surface area contributed by atoms with Crippen LogP contribution in [0.15, 0.2) is 24.3 Å². The molecule has 0 atom stereocenters. The third-order valence-corrected chi connectivity index (χ3v) is 3.38. The minimum Gasteiger partial charge on any atom is -0.345 e. The number of rotatable bonds is 5. The number of imidazole rings is 1. The van der Waals surface area contributed by atoms with E-state index in [0.29, 0.717) is 0 Å². The van der Waals surface area contributed by atoms with Crippen molar-refractivity contribution in [2.24, 2.45) is 13.0 Å². The number of nitrogens with zero attached hydrogens (tertiary/aromatic N) is 3. The zero-order valence-electron chi connectivity index (χ0n) is 11.8. The smallest absolute Gasteiger partial charge is 0.206 e. The van der Waals surface area contributed by atoms with E-state index in [1.54, 1.807) is 0 Å². The first-order valence-electron chi connectivity index (χ1n) is 6.72. The van der Waals surface area contributed by atoms with Crippen molar-refractivity contribution in [2.75, 3.05) is 18.5 Å². The molecular weight excluding hydrogens is 222 g/mol. The second-order valence-electron chi connectivity index (χ2n) is 5.42. The predicted molar refractivity (Wildman–Crippen MR) is 78.1 cm³/mol. The van der Waals surface area contributed by atoms with Gasteiger partial charge in [-0.3, -0.25) is 0 Å². The zero-order valence-corrected chi connectivity index (χ0v) is 11.8. The summed E-state index contributed by atoms with van der Waals surface area (Å²) in [5.41, 5.74) is 2.27. The highest BCUT2D eigenvalue weighted by atomic mass is 15.3. The summed E-state index contributed by atoms with van der Waals surface area (Å²) >= 11 is 0. The Hall–Kier alpha value is -1.51. The summed E-state index contributed by atoms with van der Waals surface area (Å²) in [4.78, 5) is 6.95. The van der Waals surface area contributed by atoms with Crippen molar-refractivity contribution in [2.45, 2.75) is 26.7 Å². The summed E-state index contributed by atoms with van der Waals surface area (Å²) in [6, 6.07) is 8.29. The summed E-state index contributed by atoms with van der Waals surface area (Å²) in [5, 5.41) is 0. The first-order chi connectivity index (χ1) is 8.59. The van der Waals surface area contributed by atoms with E-state index in [4.69, 9.17) is 4.98 Å². The van der Waals surface area contributed by atoms with Crippen molar-refractivity contribution in [1.82, 2.24) is 9.55 Å². The van der Waals surface area contributed by atoms with Gasteiger partial charge in [0.15, 0.2) is 0 Å². The minimum atomic E-state index is 0.777. The molecule has 3 heteroatoms. The summed E-state index contributed by atoms with van der Waals surface area (Å²) in [6.45, 7) is 5.61. The molecule has 1 aromatic heterocycles. The first kappa shape index (κ1) is 12.9. The van der Waals surface area contributed by atoms with Crippen LogP contribution in [0.4, 0.5) is 5.95 Å². The van der Waals surface area contributed by atoms with E-state index >= 15 is 0 Å². The van der Waals surface area contributed by atoms with Gasteiger partial charge in [-0.1, -0.05) is 26.0 Å². The van der Waals surface area contributed by atoms with Crippen LogP contribution in [0.5, 0.6) is 0 Å². The molecular formula is C15H23N3. The Labute approximate surface area is 109 Å². The maximum atomic E-state index is 4.70. The number of aromatic nitrogens is 2. The van der Waals surface area contributed by atoms with Gasteiger partial charge in [-0.2, -0.15) is 0 Å². The van der Waals surface area contributed by atoms with Crippen LogP contribution in [0.1, 0.15) is 26.7 Å². The molecule has 1 heterocycles. The standard InChI is InChI=1S/C15H23N3/c1-12(2)8-7-11-17(3)15-16-13-9-5-6-10-14(13)18(15)4/h5-6,9-10,12H,7-8,11H2,1-4H3. The number of hydrogen-bond donors (Lipinski definition) is 0. The monoisotopic (exact) mass is 245 g/mol. The Morgan fingerprint density at radius 1 is 1.28 bits per heavy atom. The van der Waals surface area contributed by atoms with Crippen molar-refractivity contribution < 1.29 is 0 Å². The van der Waals surface area contributed by atoms with Crippen molar-refractivity contribution in [1.29, 1.82) is 0 Å². The molecule has 0 unspecified atom stereocenters. The number of anilines is 1. The van der Waals surface area contributed by atoms with Gasteiger partial charge in [-0.05, 0) is 30.9 Å². The zero-order chi connectivity index (χ0) is 13.1. The van der Waals surface area contributed by atoms with Crippen LogP contribution < -0.4 is 4.90 Å². The molecule has 0 amide bonds. The summed E-state index contributed by atoms with van der Waals surface area (Å²) < 4.78 is 2.17. The highest BCUT2D eigenvalue weighted by molar-refractivity contribution is 5.78. The molecule has 1 aromatic carbocycles. The van der Waals surface area contributed by atoms with Crippen LogP contribution in [0.3, 0.4) is 0 Å². The lowest BCUT2D eigenvalue weighted by molar-refractivity contribution is 0.553. The average molecular weight is 245 g/mol. The number of aryl methyl sites for hydroxylation is 1. The number of para-hydroxylation sites is 2. The molecule has 0 radical (unpaired) electrons. The fourth-order valence-electron chi connectivity index (χ4n) is 2.31. The SMILES string of the molecule is CC(C)CCCN(C)c1nc2ccccc2n1C. The van der Waals surface area contributed by atoms with Crippen LogP contribution in [-0.2, 0) is 7.05 Å². The molecule has 0 fully saturated rings. The van der Waals surface area contributed by atoms with Gasteiger partial charge in [0, 0.05) is 20.6 Å². The van der Waals surface area contributed by atoms with Crippen molar-refractivity contribution in [3.63, 3.8) is 0 Å². The Morgan fingerprint density at radius 2 is 2.00 bits per heavy atom. The number of fused-ring (bicyclic) bond motifs is 1. The Bertz CT molecular complexity index is 513. The molecule has 2 rings (SSSR count). The lowest BCUT2D eigenvalue weighted by Gasteiger charge is -2.18. The molecule has 0 saturated carbocycles. The van der Waals surface area contributed by atoms with E-state index in [0.717, 1.165) is 23.9 Å². The van der Waals surface area contributed by atoms with Crippen LogP contribution >= 0.6 is 0 Å². The van der Waals surface area contributed by atoms with Gasteiger partial charge < -0.3 is 9.47 Å². The molecule has 18 heavy (non-hydrogen) atoms. The van der Waals surface area contributed by atoms with Gasteiger partial charge in [0.1, 0.15) is 0 Å². The van der Waals surface area contributed by atoms with Crippen molar-refractivity contribution >= 4 is 17.0 Å². The van der Waals surface area contributed by atoms with E-state index in [-0.39, 0.29) is 0 Å². The normalized spacial score (nSPS) is 11.4. The van der Waals surface area contributed by atoms with Gasteiger partial charge in [0.2, 0.25) is 5.95 Å². The Morgan fingerprint density at radius 3 is 2.67 bits per heavy atom. The fourth-order valence-corrected chi connectivity index (χ4v) is 2.31. The summed E-state index contributed by atoms with van der Waals surface area (Å²) in [5.74, 6) is 1.83. The van der Waals surface area contributed by atoms with E-state index in [2.05, 4.69) is 55.6 Å². The van der Waals surface area contributed by atoms with Crippen molar-refractivity contribution in [3.8, 4) is 0 Å². The van der Waals surface area contributed by atoms with Gasteiger partial charge in [0.25, 0.3) is 0 Å². The quantitative estimate of drug-likeness (QED) is 0.804. The summed E-state index contributed by atoms with van der Waals surface area (Å²) in [6.07, 6.45) is 2.49. The molecule has 0 spiro atoms. The fraction of sp³-hybridized carbons (Fsp3) is 0.533. The van der Waals surface area contributed by atoms with E-state index < -0.39 is 0 Å². The maximum Gasteiger partial charge on any atom is 0.206 e. The Kier molecular flexibility index (Phi) is 3.90.